The van der Waals surface area contributed by atoms with E-state index in [1.54, 1.807) is 18.2 Å². The first-order valence-electron chi connectivity index (χ1n) is 10.7. The Morgan fingerprint density at radius 2 is 1.67 bits per heavy atom. The van der Waals surface area contributed by atoms with Gasteiger partial charge in [-0.1, -0.05) is 24.3 Å². The number of aromatic nitrogens is 2. The summed E-state index contributed by atoms with van der Waals surface area (Å²) in [6.07, 6.45) is -5.23. The summed E-state index contributed by atoms with van der Waals surface area (Å²) in [7, 11) is 0. The molecule has 5 rings (SSSR count). The van der Waals surface area contributed by atoms with Crippen LogP contribution in [-0.4, -0.2) is 62.0 Å². The third kappa shape index (κ3) is 3.63. The average molecular weight is 497 g/mol. The molecule has 1 aliphatic carbocycles. The molecule has 36 heavy (non-hydrogen) atoms. The van der Waals surface area contributed by atoms with E-state index in [9.17, 15) is 33.1 Å². The minimum atomic E-state index is -3.88. The molecule has 1 saturated heterocycles. The van der Waals surface area contributed by atoms with Crippen molar-refractivity contribution in [2.75, 3.05) is 11.9 Å². The van der Waals surface area contributed by atoms with Gasteiger partial charge in [-0.2, -0.15) is 13.8 Å². The summed E-state index contributed by atoms with van der Waals surface area (Å²) >= 11 is 0. The number of carbonyl (C=O) groups excluding carboxylic acids is 3. The van der Waals surface area contributed by atoms with Gasteiger partial charge >= 0.3 is 11.6 Å². The minimum absolute atomic E-state index is 0.000158. The van der Waals surface area contributed by atoms with Gasteiger partial charge in [0.2, 0.25) is 6.23 Å². The zero-order valence-electron chi connectivity index (χ0n) is 18.2. The molecule has 1 fully saturated rings. The fraction of sp³-hybridized carbons (Fsp3) is 0.208. The first kappa shape index (κ1) is 23.6. The molecular weight excluding hydrogens is 480 g/mol. The van der Waals surface area contributed by atoms with Crippen molar-refractivity contribution < 1.29 is 38.1 Å². The number of nitrogens with one attached hydrogen (secondary N) is 1. The Morgan fingerprint density at radius 3 is 2.28 bits per heavy atom. The van der Waals surface area contributed by atoms with Gasteiger partial charge in [0.15, 0.2) is 17.7 Å². The largest absolute Gasteiger partial charge is 0.394 e. The summed E-state index contributed by atoms with van der Waals surface area (Å²) in [6.45, 7) is -0.885. The van der Waals surface area contributed by atoms with Gasteiger partial charge in [0.25, 0.3) is 5.91 Å². The highest BCUT2D eigenvalue weighted by Crippen LogP contribution is 2.42. The minimum Gasteiger partial charge on any atom is -0.394 e. The molecule has 2 aliphatic rings. The lowest BCUT2D eigenvalue weighted by atomic mass is 9.83. The summed E-state index contributed by atoms with van der Waals surface area (Å²) < 4.78 is 34.0. The number of benzene rings is 2. The lowest BCUT2D eigenvalue weighted by Gasteiger charge is -2.21. The number of alkyl halides is 2. The number of ether oxygens (including phenoxy) is 1. The van der Waals surface area contributed by atoms with Gasteiger partial charge in [-0.05, 0) is 24.3 Å². The molecule has 0 bridgehead atoms. The van der Waals surface area contributed by atoms with Gasteiger partial charge in [-0.3, -0.25) is 19.0 Å². The Morgan fingerprint density at radius 1 is 1.03 bits per heavy atom. The van der Waals surface area contributed by atoms with E-state index >= 15 is 0 Å². The van der Waals surface area contributed by atoms with Crippen LogP contribution in [0.15, 0.2) is 59.5 Å². The smallest absolute Gasteiger partial charge is 0.351 e. The fourth-order valence-corrected chi connectivity index (χ4v) is 4.21. The van der Waals surface area contributed by atoms with E-state index < -0.39 is 48.3 Å². The van der Waals surface area contributed by atoms with Crippen LogP contribution in [0.3, 0.4) is 0 Å². The maximum atomic E-state index is 14.3. The van der Waals surface area contributed by atoms with Crippen LogP contribution in [0.2, 0.25) is 0 Å². The summed E-state index contributed by atoms with van der Waals surface area (Å²) in [4.78, 5) is 54.3. The second-order valence-corrected chi connectivity index (χ2v) is 8.25. The third-order valence-corrected chi connectivity index (χ3v) is 6.07. The van der Waals surface area contributed by atoms with Gasteiger partial charge in [0, 0.05) is 34.0 Å². The number of nitrogens with zero attached hydrogens (tertiary/aromatic N) is 2. The number of aliphatic hydroxyl groups excluding tert-OH is 2. The Kier molecular flexibility index (Phi) is 5.58. The van der Waals surface area contributed by atoms with Gasteiger partial charge < -0.3 is 20.3 Å². The molecule has 0 spiro atoms. The molecule has 1 aromatic heterocycles. The molecule has 3 atom stereocenters. The lowest BCUT2D eigenvalue weighted by Crippen LogP contribution is -2.41. The van der Waals surface area contributed by atoms with Crippen LogP contribution in [0.1, 0.15) is 48.4 Å². The van der Waals surface area contributed by atoms with Crippen LogP contribution >= 0.6 is 0 Å². The van der Waals surface area contributed by atoms with E-state index in [1.807, 2.05) is 0 Å². The number of amides is 1. The molecule has 12 heteroatoms. The molecule has 184 valence electrons. The van der Waals surface area contributed by atoms with E-state index in [2.05, 4.69) is 10.3 Å². The summed E-state index contributed by atoms with van der Waals surface area (Å²) in [5, 5.41) is 21.1. The molecule has 3 aromatic rings. The number of anilines is 1. The number of halogens is 2. The predicted molar refractivity (Wildman–Crippen MR) is 118 cm³/mol. The van der Waals surface area contributed by atoms with E-state index in [1.165, 1.54) is 24.3 Å². The SMILES string of the molecule is O=C(Nc1ccn(C2OC(CO)C(O)C2(F)F)c(=O)n1)c1ccc2c(c1)C(=O)c1ccccc1C2=O. The summed E-state index contributed by atoms with van der Waals surface area (Å²) in [6, 6.07) is 11.3. The van der Waals surface area contributed by atoms with E-state index in [0.717, 1.165) is 12.3 Å². The van der Waals surface area contributed by atoms with Crippen molar-refractivity contribution >= 4 is 23.3 Å². The van der Waals surface area contributed by atoms with E-state index in [-0.39, 0.29) is 39.4 Å². The van der Waals surface area contributed by atoms with Crippen LogP contribution < -0.4 is 11.0 Å². The number of aliphatic hydroxyl groups is 2. The molecule has 2 aromatic carbocycles. The molecule has 2 heterocycles. The van der Waals surface area contributed by atoms with Gasteiger partial charge in [-0.15, -0.1) is 0 Å². The summed E-state index contributed by atoms with van der Waals surface area (Å²) in [5.74, 6) is -5.68. The quantitative estimate of drug-likeness (QED) is 0.381. The molecule has 1 aliphatic heterocycles. The molecule has 3 unspecified atom stereocenters. The van der Waals surface area contributed by atoms with Gasteiger partial charge in [-0.25, -0.2) is 4.79 Å². The molecule has 3 N–H and O–H groups in total. The zero-order valence-corrected chi connectivity index (χ0v) is 18.2. The van der Waals surface area contributed by atoms with Crippen molar-refractivity contribution in [3.63, 3.8) is 0 Å². The third-order valence-electron chi connectivity index (χ3n) is 6.07. The van der Waals surface area contributed by atoms with Crippen molar-refractivity contribution in [1.29, 1.82) is 0 Å². The molecule has 1 amide bonds. The van der Waals surface area contributed by atoms with Crippen LogP contribution in [0.4, 0.5) is 14.6 Å². The summed E-state index contributed by atoms with van der Waals surface area (Å²) in [5.41, 5.74) is -0.515. The molecule has 0 radical (unpaired) electrons. The number of ketones is 2. The zero-order chi connectivity index (χ0) is 25.8. The maximum absolute atomic E-state index is 14.3. The Bertz CT molecular complexity index is 1490. The number of carbonyl (C=O) groups is 3. The van der Waals surface area contributed by atoms with Crippen molar-refractivity contribution in [2.24, 2.45) is 0 Å². The standard InChI is InChI=1S/C24H17F2N3O7/c25-24(26)20(33)16(10-30)36-22(24)29-8-7-17(28-23(29)35)27-21(34)11-5-6-14-15(9-11)19(32)13-4-2-1-3-12(13)18(14)31/h1-9,16,20,22,30,33H,10H2,(H,27,28,34,35). The molecule has 10 nitrogen and oxygen atoms in total. The van der Waals surface area contributed by atoms with Crippen molar-refractivity contribution in [3.05, 3.63) is 93.0 Å². The van der Waals surface area contributed by atoms with Crippen LogP contribution in [0.5, 0.6) is 0 Å². The van der Waals surface area contributed by atoms with Crippen molar-refractivity contribution in [2.45, 2.75) is 24.4 Å². The van der Waals surface area contributed by atoms with Gasteiger partial charge in [0.1, 0.15) is 11.9 Å². The lowest BCUT2D eigenvalue weighted by molar-refractivity contribution is -0.140. The van der Waals surface area contributed by atoms with Crippen LogP contribution in [-0.2, 0) is 4.74 Å². The Hall–Kier alpha value is -4.13. The first-order valence-corrected chi connectivity index (χ1v) is 10.7. The number of hydrogen-bond acceptors (Lipinski definition) is 8. The highest BCUT2D eigenvalue weighted by Gasteiger charge is 2.59. The van der Waals surface area contributed by atoms with Crippen LogP contribution in [0.25, 0.3) is 0 Å². The van der Waals surface area contributed by atoms with E-state index in [4.69, 9.17) is 9.84 Å². The van der Waals surface area contributed by atoms with Crippen molar-refractivity contribution in [1.82, 2.24) is 9.55 Å². The topological polar surface area (TPSA) is 148 Å². The fourth-order valence-electron chi connectivity index (χ4n) is 4.21. The second kappa shape index (κ2) is 8.52. The van der Waals surface area contributed by atoms with E-state index in [0.29, 0.717) is 4.57 Å². The predicted octanol–water partition coefficient (Wildman–Crippen LogP) is 1.16. The monoisotopic (exact) mass is 497 g/mol. The first-order chi connectivity index (χ1) is 17.1. The highest BCUT2D eigenvalue weighted by atomic mass is 19.3. The highest BCUT2D eigenvalue weighted by molar-refractivity contribution is 6.28. The number of fused-ring (bicyclic) bond motifs is 2. The Balaban J connectivity index is 1.39. The second-order valence-electron chi connectivity index (χ2n) is 8.25. The average Bonchev–Trinajstić information content (AvgIpc) is 3.10. The van der Waals surface area contributed by atoms with Gasteiger partial charge in [0.05, 0.1) is 6.61 Å². The van der Waals surface area contributed by atoms with Crippen LogP contribution in [0, 0.1) is 0 Å². The number of hydrogen-bond donors (Lipinski definition) is 3. The van der Waals surface area contributed by atoms with Crippen molar-refractivity contribution in [3.8, 4) is 0 Å². The molecule has 0 saturated carbocycles. The molecular formula is C24H17F2N3O7. The number of rotatable bonds is 4. The Labute approximate surface area is 200 Å². The normalized spacial score (nSPS) is 22.2. The maximum Gasteiger partial charge on any atom is 0.351 e.